The summed E-state index contributed by atoms with van der Waals surface area (Å²) in [4.78, 5) is 37.4. The molecule has 1 fully saturated rings. The van der Waals surface area contributed by atoms with Crippen molar-refractivity contribution in [3.05, 3.63) is 58.7 Å². The number of benzene rings is 1. The summed E-state index contributed by atoms with van der Waals surface area (Å²) in [6, 6.07) is 11.0. The van der Waals surface area contributed by atoms with E-state index in [2.05, 4.69) is 20.2 Å². The molecule has 7 nitrogen and oxygen atoms in total. The molecular weight excluding hydrogens is 448 g/mol. The average Bonchev–Trinajstić information content (AvgIpc) is 3.24. The highest BCUT2D eigenvalue weighted by Crippen LogP contribution is 2.36. The van der Waals surface area contributed by atoms with Gasteiger partial charge in [-0.25, -0.2) is 14.8 Å². The number of aromatic nitrogens is 2. The van der Waals surface area contributed by atoms with Crippen LogP contribution >= 0.6 is 22.9 Å². The molecule has 1 aliphatic rings. The summed E-state index contributed by atoms with van der Waals surface area (Å²) in [6.45, 7) is 3.42. The van der Waals surface area contributed by atoms with Crippen LogP contribution in [0, 0.1) is 5.92 Å². The summed E-state index contributed by atoms with van der Waals surface area (Å²) >= 11 is 7.29. The Morgan fingerprint density at radius 3 is 2.53 bits per heavy atom. The molecule has 1 N–H and O–H groups in total. The number of rotatable bonds is 6. The molecule has 166 valence electrons. The fraction of sp³-hybridized carbons (Fsp3) is 0.304. The quantitative estimate of drug-likeness (QED) is 0.516. The molecule has 0 aliphatic carbocycles. The fourth-order valence-electron chi connectivity index (χ4n) is 3.62. The predicted molar refractivity (Wildman–Crippen MR) is 126 cm³/mol. The third-order valence-electron chi connectivity index (χ3n) is 5.28. The van der Waals surface area contributed by atoms with Gasteiger partial charge in [0.05, 0.1) is 12.3 Å². The van der Waals surface area contributed by atoms with E-state index in [1.165, 1.54) is 11.3 Å². The maximum absolute atomic E-state index is 13.0. The molecule has 1 aromatic carbocycles. The van der Waals surface area contributed by atoms with Crippen LogP contribution in [0.3, 0.4) is 0 Å². The van der Waals surface area contributed by atoms with E-state index in [-0.39, 0.29) is 18.4 Å². The van der Waals surface area contributed by atoms with Gasteiger partial charge in [-0.2, -0.15) is 0 Å². The number of anilines is 2. The summed E-state index contributed by atoms with van der Waals surface area (Å²) in [7, 11) is 0. The fourth-order valence-corrected chi connectivity index (χ4v) is 4.76. The number of nitrogens with one attached hydrogen (secondary N) is 1. The number of carbonyl (C=O) groups excluding carboxylic acids is 2. The molecule has 0 radical (unpaired) electrons. The van der Waals surface area contributed by atoms with Gasteiger partial charge in [-0.05, 0) is 49.6 Å². The van der Waals surface area contributed by atoms with Gasteiger partial charge in [-0.15, -0.1) is 11.3 Å². The van der Waals surface area contributed by atoms with Gasteiger partial charge in [0.15, 0.2) is 0 Å². The van der Waals surface area contributed by atoms with Gasteiger partial charge in [0.1, 0.15) is 4.88 Å². The number of esters is 1. The minimum Gasteiger partial charge on any atom is -0.462 e. The summed E-state index contributed by atoms with van der Waals surface area (Å²) in [5.41, 5.74) is 1.40. The molecule has 32 heavy (non-hydrogen) atoms. The predicted octanol–water partition coefficient (Wildman–Crippen LogP) is 4.89. The smallest absolute Gasteiger partial charge is 0.350 e. The number of carbonyl (C=O) groups is 2. The Hall–Kier alpha value is -2.97. The van der Waals surface area contributed by atoms with Crippen molar-refractivity contribution in [1.29, 1.82) is 0 Å². The second-order valence-corrected chi connectivity index (χ2v) is 8.87. The number of piperidine rings is 1. The van der Waals surface area contributed by atoms with Crippen LogP contribution in [0.4, 0.5) is 11.6 Å². The van der Waals surface area contributed by atoms with Crippen LogP contribution in [-0.2, 0) is 9.53 Å². The second kappa shape index (κ2) is 10.1. The van der Waals surface area contributed by atoms with Crippen molar-refractivity contribution in [3.63, 3.8) is 0 Å². The van der Waals surface area contributed by atoms with E-state index in [9.17, 15) is 9.59 Å². The molecule has 4 rings (SSSR count). The zero-order valence-electron chi connectivity index (χ0n) is 17.6. The van der Waals surface area contributed by atoms with Crippen LogP contribution in [0.15, 0.2) is 48.8 Å². The van der Waals surface area contributed by atoms with Crippen molar-refractivity contribution < 1.29 is 14.3 Å². The molecule has 1 saturated heterocycles. The number of hydrogen-bond donors (Lipinski definition) is 1. The molecule has 2 aromatic heterocycles. The van der Waals surface area contributed by atoms with Crippen molar-refractivity contribution in [2.24, 2.45) is 5.92 Å². The highest BCUT2D eigenvalue weighted by molar-refractivity contribution is 7.18. The number of halogens is 1. The largest absolute Gasteiger partial charge is 0.462 e. The molecular formula is C23H23ClN4O3S. The van der Waals surface area contributed by atoms with Gasteiger partial charge >= 0.3 is 5.97 Å². The van der Waals surface area contributed by atoms with Gasteiger partial charge < -0.3 is 15.0 Å². The molecule has 1 aliphatic heterocycles. The number of thiophene rings is 1. The topological polar surface area (TPSA) is 84.4 Å². The molecule has 3 aromatic rings. The van der Waals surface area contributed by atoms with Crippen LogP contribution < -0.4 is 10.2 Å². The lowest BCUT2D eigenvalue weighted by atomic mass is 9.96. The van der Waals surface area contributed by atoms with Gasteiger partial charge in [0.25, 0.3) is 0 Å². The van der Waals surface area contributed by atoms with Crippen molar-refractivity contribution in [2.45, 2.75) is 19.8 Å². The number of nitrogens with zero attached hydrogens (tertiary/aromatic N) is 3. The number of hydrogen-bond acceptors (Lipinski definition) is 7. The zero-order valence-corrected chi connectivity index (χ0v) is 19.2. The van der Waals surface area contributed by atoms with Crippen molar-refractivity contribution in [1.82, 2.24) is 9.97 Å². The molecule has 0 saturated carbocycles. The van der Waals surface area contributed by atoms with Gasteiger partial charge in [0.2, 0.25) is 11.9 Å². The molecule has 3 heterocycles. The molecule has 0 bridgehead atoms. The van der Waals surface area contributed by atoms with Crippen LogP contribution in [0.2, 0.25) is 5.02 Å². The highest BCUT2D eigenvalue weighted by Gasteiger charge is 2.28. The van der Waals surface area contributed by atoms with Crippen LogP contribution in [0.5, 0.6) is 0 Å². The summed E-state index contributed by atoms with van der Waals surface area (Å²) in [5, 5.41) is 3.61. The van der Waals surface area contributed by atoms with Gasteiger partial charge in [0, 0.05) is 41.3 Å². The monoisotopic (exact) mass is 470 g/mol. The standard InChI is InChI=1S/C23H23ClN4O3S/c1-2-31-22(30)20-18(14-19(32-20)15-4-6-17(24)7-5-15)27-21(29)16-8-12-28(13-9-16)23-25-10-3-11-26-23/h3-7,10-11,14,16H,2,8-9,12-13H2,1H3,(H,27,29). The van der Waals surface area contributed by atoms with Crippen molar-refractivity contribution >= 4 is 46.4 Å². The zero-order chi connectivity index (χ0) is 22.5. The van der Waals surface area contributed by atoms with Crippen LogP contribution in [0.25, 0.3) is 10.4 Å². The SMILES string of the molecule is CCOC(=O)c1sc(-c2ccc(Cl)cc2)cc1NC(=O)C1CCN(c2ncccn2)CC1. The van der Waals surface area contributed by atoms with Gasteiger partial charge in [-0.1, -0.05) is 23.7 Å². The Morgan fingerprint density at radius 1 is 1.19 bits per heavy atom. The van der Waals surface area contributed by atoms with E-state index in [1.54, 1.807) is 37.5 Å². The summed E-state index contributed by atoms with van der Waals surface area (Å²) in [5.74, 6) is -0.000945. The van der Waals surface area contributed by atoms with E-state index < -0.39 is 5.97 Å². The molecule has 1 amide bonds. The maximum atomic E-state index is 13.0. The molecule has 0 spiro atoms. The minimum atomic E-state index is -0.441. The summed E-state index contributed by atoms with van der Waals surface area (Å²) < 4.78 is 5.21. The number of amides is 1. The Bertz CT molecular complexity index is 1080. The van der Waals surface area contributed by atoms with E-state index in [4.69, 9.17) is 16.3 Å². The van der Waals surface area contributed by atoms with E-state index in [0.29, 0.717) is 47.5 Å². The lowest BCUT2D eigenvalue weighted by molar-refractivity contribution is -0.120. The number of ether oxygens (including phenoxy) is 1. The maximum Gasteiger partial charge on any atom is 0.350 e. The Morgan fingerprint density at radius 2 is 1.88 bits per heavy atom. The van der Waals surface area contributed by atoms with Gasteiger partial charge in [-0.3, -0.25) is 4.79 Å². The van der Waals surface area contributed by atoms with Crippen LogP contribution in [-0.4, -0.2) is 41.5 Å². The first-order valence-electron chi connectivity index (χ1n) is 10.4. The first-order chi connectivity index (χ1) is 15.5. The normalized spacial score (nSPS) is 14.2. The van der Waals surface area contributed by atoms with Crippen LogP contribution in [0.1, 0.15) is 29.4 Å². The Balaban J connectivity index is 1.48. The Kier molecular flexibility index (Phi) is 7.02. The van der Waals surface area contributed by atoms with E-state index in [1.807, 2.05) is 18.2 Å². The summed E-state index contributed by atoms with van der Waals surface area (Å²) in [6.07, 6.45) is 4.81. The van der Waals surface area contributed by atoms with E-state index in [0.717, 1.165) is 10.4 Å². The third-order valence-corrected chi connectivity index (χ3v) is 6.70. The third kappa shape index (κ3) is 5.08. The average molecular weight is 471 g/mol. The Labute approximate surface area is 195 Å². The molecule has 0 atom stereocenters. The molecule has 9 heteroatoms. The second-order valence-electron chi connectivity index (χ2n) is 7.38. The lowest BCUT2D eigenvalue weighted by Crippen LogP contribution is -2.39. The highest BCUT2D eigenvalue weighted by atomic mass is 35.5. The van der Waals surface area contributed by atoms with Crippen molar-refractivity contribution in [3.8, 4) is 10.4 Å². The van der Waals surface area contributed by atoms with E-state index >= 15 is 0 Å². The van der Waals surface area contributed by atoms with Crippen molar-refractivity contribution in [2.75, 3.05) is 29.9 Å². The lowest BCUT2D eigenvalue weighted by Gasteiger charge is -2.31. The molecule has 0 unspecified atom stereocenters. The first kappa shape index (κ1) is 22.2. The minimum absolute atomic E-state index is 0.0929. The first-order valence-corrected chi connectivity index (χ1v) is 11.6.